The minimum absolute atomic E-state index is 0.277. The Balaban J connectivity index is 1.37. The molecule has 1 amide bonds. The number of aromatic nitrogens is 2. The Morgan fingerprint density at radius 1 is 0.862 bits per heavy atom. The van der Waals surface area contributed by atoms with E-state index in [-0.39, 0.29) is 5.91 Å². The normalized spacial score (nSPS) is 13.8. The fourth-order valence-corrected chi connectivity index (χ4v) is 3.41. The molecule has 148 valence electrons. The second kappa shape index (κ2) is 8.60. The average Bonchev–Trinajstić information content (AvgIpc) is 2.80. The third-order valence-corrected chi connectivity index (χ3v) is 4.97. The third kappa shape index (κ3) is 4.29. The fraction of sp³-hybridized carbons (Fsp3) is 0.227. The predicted octanol–water partition coefficient (Wildman–Crippen LogP) is 3.06. The standard InChI is InChI=1S/C22H23N5O2/c1-29-19-10-6-5-9-18(19)22(28)23-20-11-12-21(25-24-20)27-15-13-26(14-16-27)17-7-3-2-4-8-17/h2-12H,13-16H2,1H3,(H,23,24,28). The summed E-state index contributed by atoms with van der Waals surface area (Å²) >= 11 is 0. The summed E-state index contributed by atoms with van der Waals surface area (Å²) in [5.41, 5.74) is 1.70. The first-order chi connectivity index (χ1) is 14.2. The van der Waals surface area contributed by atoms with Gasteiger partial charge in [-0.3, -0.25) is 4.79 Å². The number of ether oxygens (including phenoxy) is 1. The zero-order valence-electron chi connectivity index (χ0n) is 16.3. The van der Waals surface area contributed by atoms with E-state index in [1.54, 1.807) is 24.3 Å². The van der Waals surface area contributed by atoms with Gasteiger partial charge in [0.25, 0.3) is 5.91 Å². The molecule has 1 fully saturated rings. The summed E-state index contributed by atoms with van der Waals surface area (Å²) in [5.74, 6) is 1.47. The van der Waals surface area contributed by atoms with Crippen molar-refractivity contribution in [3.05, 3.63) is 72.3 Å². The van der Waals surface area contributed by atoms with E-state index in [1.165, 1.54) is 12.8 Å². The second-order valence-corrected chi connectivity index (χ2v) is 6.74. The van der Waals surface area contributed by atoms with Crippen molar-refractivity contribution in [2.75, 3.05) is 48.4 Å². The van der Waals surface area contributed by atoms with Crippen LogP contribution in [0.4, 0.5) is 17.3 Å². The molecule has 7 nitrogen and oxygen atoms in total. The third-order valence-electron chi connectivity index (χ3n) is 4.97. The van der Waals surface area contributed by atoms with Gasteiger partial charge in [-0.05, 0) is 36.4 Å². The van der Waals surface area contributed by atoms with Gasteiger partial charge in [-0.15, -0.1) is 10.2 Å². The monoisotopic (exact) mass is 389 g/mol. The van der Waals surface area contributed by atoms with Gasteiger partial charge in [0, 0.05) is 31.9 Å². The van der Waals surface area contributed by atoms with Crippen LogP contribution in [0.25, 0.3) is 0 Å². The number of piperazine rings is 1. The van der Waals surface area contributed by atoms with Gasteiger partial charge in [-0.1, -0.05) is 30.3 Å². The lowest BCUT2D eigenvalue weighted by atomic mass is 10.2. The Morgan fingerprint density at radius 3 is 2.24 bits per heavy atom. The number of carbonyl (C=O) groups is 1. The molecule has 0 unspecified atom stereocenters. The number of nitrogens with one attached hydrogen (secondary N) is 1. The summed E-state index contributed by atoms with van der Waals surface area (Å²) in [6.07, 6.45) is 0. The Bertz CT molecular complexity index is 954. The van der Waals surface area contributed by atoms with Crippen LogP contribution in [0.5, 0.6) is 5.75 Å². The van der Waals surface area contributed by atoms with Crippen molar-refractivity contribution < 1.29 is 9.53 Å². The number of hydrogen-bond acceptors (Lipinski definition) is 6. The van der Waals surface area contributed by atoms with E-state index in [1.807, 2.05) is 18.2 Å². The average molecular weight is 389 g/mol. The van der Waals surface area contributed by atoms with Crippen molar-refractivity contribution in [2.24, 2.45) is 0 Å². The van der Waals surface area contributed by atoms with Crippen LogP contribution >= 0.6 is 0 Å². The maximum absolute atomic E-state index is 12.5. The molecule has 0 spiro atoms. The summed E-state index contributed by atoms with van der Waals surface area (Å²) < 4.78 is 5.24. The number of hydrogen-bond donors (Lipinski definition) is 1. The molecule has 4 rings (SSSR count). The first-order valence-corrected chi connectivity index (χ1v) is 9.57. The van der Waals surface area contributed by atoms with Crippen LogP contribution in [0.2, 0.25) is 0 Å². The predicted molar refractivity (Wildman–Crippen MR) is 114 cm³/mol. The molecule has 7 heteroatoms. The molecule has 1 aliphatic rings. The maximum Gasteiger partial charge on any atom is 0.260 e. The molecule has 29 heavy (non-hydrogen) atoms. The number of rotatable bonds is 5. The zero-order chi connectivity index (χ0) is 20.1. The van der Waals surface area contributed by atoms with Gasteiger partial charge >= 0.3 is 0 Å². The van der Waals surface area contributed by atoms with Crippen LogP contribution in [-0.2, 0) is 0 Å². The Morgan fingerprint density at radius 2 is 1.55 bits per heavy atom. The van der Waals surface area contributed by atoms with Crippen LogP contribution in [0.3, 0.4) is 0 Å². The van der Waals surface area contributed by atoms with E-state index in [9.17, 15) is 4.79 Å². The number of amides is 1. The molecule has 0 aliphatic carbocycles. The van der Waals surface area contributed by atoms with Gasteiger partial charge in [0.15, 0.2) is 11.6 Å². The number of nitrogens with zero attached hydrogens (tertiary/aromatic N) is 4. The molecule has 2 heterocycles. The molecule has 0 saturated carbocycles. The minimum Gasteiger partial charge on any atom is -0.496 e. The van der Waals surface area contributed by atoms with Crippen LogP contribution in [0.1, 0.15) is 10.4 Å². The molecule has 0 atom stereocenters. The molecular formula is C22H23N5O2. The molecule has 1 aliphatic heterocycles. The first kappa shape index (κ1) is 18.7. The van der Waals surface area contributed by atoms with Gasteiger partial charge < -0.3 is 19.9 Å². The molecule has 1 N–H and O–H groups in total. The maximum atomic E-state index is 12.5. The Labute approximate surface area is 169 Å². The number of para-hydroxylation sites is 2. The van der Waals surface area contributed by atoms with Crippen LogP contribution in [0.15, 0.2) is 66.7 Å². The van der Waals surface area contributed by atoms with E-state index in [0.717, 1.165) is 32.0 Å². The quantitative estimate of drug-likeness (QED) is 0.723. The van der Waals surface area contributed by atoms with E-state index >= 15 is 0 Å². The van der Waals surface area contributed by atoms with E-state index < -0.39 is 0 Å². The van der Waals surface area contributed by atoms with Crippen molar-refractivity contribution in [3.63, 3.8) is 0 Å². The number of methoxy groups -OCH3 is 1. The highest BCUT2D eigenvalue weighted by molar-refractivity contribution is 6.05. The van der Waals surface area contributed by atoms with E-state index in [4.69, 9.17) is 4.74 Å². The second-order valence-electron chi connectivity index (χ2n) is 6.74. The van der Waals surface area contributed by atoms with E-state index in [0.29, 0.717) is 17.1 Å². The lowest BCUT2D eigenvalue weighted by Gasteiger charge is -2.36. The highest BCUT2D eigenvalue weighted by Crippen LogP contribution is 2.21. The van der Waals surface area contributed by atoms with Crippen molar-refractivity contribution in [1.82, 2.24) is 10.2 Å². The Kier molecular flexibility index (Phi) is 5.56. The van der Waals surface area contributed by atoms with Crippen LogP contribution < -0.4 is 19.9 Å². The van der Waals surface area contributed by atoms with Gasteiger partial charge in [-0.25, -0.2) is 0 Å². The number of anilines is 3. The topological polar surface area (TPSA) is 70.6 Å². The van der Waals surface area contributed by atoms with Gasteiger partial charge in [0.05, 0.1) is 12.7 Å². The minimum atomic E-state index is -0.277. The van der Waals surface area contributed by atoms with E-state index in [2.05, 4.69) is 49.6 Å². The highest BCUT2D eigenvalue weighted by atomic mass is 16.5. The molecule has 1 aromatic heterocycles. The zero-order valence-corrected chi connectivity index (χ0v) is 16.3. The van der Waals surface area contributed by atoms with Crippen molar-refractivity contribution in [2.45, 2.75) is 0 Å². The summed E-state index contributed by atoms with van der Waals surface area (Å²) in [6.45, 7) is 3.60. The largest absolute Gasteiger partial charge is 0.496 e. The van der Waals surface area contributed by atoms with Crippen molar-refractivity contribution in [3.8, 4) is 5.75 Å². The summed E-state index contributed by atoms with van der Waals surface area (Å²) in [4.78, 5) is 17.0. The van der Waals surface area contributed by atoms with Crippen molar-refractivity contribution >= 4 is 23.2 Å². The molecule has 0 radical (unpaired) electrons. The molecule has 3 aromatic rings. The lowest BCUT2D eigenvalue weighted by Crippen LogP contribution is -2.46. The van der Waals surface area contributed by atoms with Gasteiger partial charge in [0.2, 0.25) is 0 Å². The van der Waals surface area contributed by atoms with Gasteiger partial charge in [0.1, 0.15) is 5.75 Å². The smallest absolute Gasteiger partial charge is 0.260 e. The number of benzene rings is 2. The Hall–Kier alpha value is -3.61. The summed E-state index contributed by atoms with van der Waals surface area (Å²) in [5, 5.41) is 11.2. The molecule has 1 saturated heterocycles. The lowest BCUT2D eigenvalue weighted by molar-refractivity contribution is 0.102. The molecular weight excluding hydrogens is 366 g/mol. The summed E-state index contributed by atoms with van der Waals surface area (Å²) in [7, 11) is 1.54. The number of carbonyl (C=O) groups excluding carboxylic acids is 1. The molecule has 2 aromatic carbocycles. The van der Waals surface area contributed by atoms with Gasteiger partial charge in [-0.2, -0.15) is 0 Å². The highest BCUT2D eigenvalue weighted by Gasteiger charge is 2.19. The SMILES string of the molecule is COc1ccccc1C(=O)Nc1ccc(N2CCN(c3ccccc3)CC2)nn1. The first-order valence-electron chi connectivity index (χ1n) is 9.57. The summed E-state index contributed by atoms with van der Waals surface area (Å²) in [6, 6.07) is 21.2. The molecule has 0 bridgehead atoms. The van der Waals surface area contributed by atoms with Crippen LogP contribution in [-0.4, -0.2) is 49.4 Å². The van der Waals surface area contributed by atoms with Crippen LogP contribution in [0, 0.1) is 0 Å². The van der Waals surface area contributed by atoms with Crippen molar-refractivity contribution in [1.29, 1.82) is 0 Å². The fourth-order valence-electron chi connectivity index (χ4n) is 3.41.